The van der Waals surface area contributed by atoms with Gasteiger partial charge in [0.25, 0.3) is 0 Å². The molecule has 0 radical (unpaired) electrons. The van der Waals surface area contributed by atoms with Crippen molar-refractivity contribution in [1.82, 2.24) is 5.32 Å². The van der Waals surface area contributed by atoms with Crippen molar-refractivity contribution < 1.29 is 4.74 Å². The summed E-state index contributed by atoms with van der Waals surface area (Å²) in [6, 6.07) is 14.5. The second-order valence-corrected chi connectivity index (χ2v) is 6.66. The van der Waals surface area contributed by atoms with Gasteiger partial charge in [0.15, 0.2) is 0 Å². The SMILES string of the molecule is CCCOc1ccc(Br)cc1CNCc1ccc(Br)cc1. The molecule has 0 aliphatic rings. The maximum atomic E-state index is 5.79. The van der Waals surface area contributed by atoms with E-state index in [1.54, 1.807) is 0 Å². The molecule has 4 heteroatoms. The summed E-state index contributed by atoms with van der Waals surface area (Å²) in [6.45, 7) is 4.49. The predicted molar refractivity (Wildman–Crippen MR) is 94.6 cm³/mol. The summed E-state index contributed by atoms with van der Waals surface area (Å²) >= 11 is 6.97. The molecule has 0 atom stereocenters. The first-order valence-corrected chi connectivity index (χ1v) is 8.64. The van der Waals surface area contributed by atoms with Crippen molar-refractivity contribution in [2.45, 2.75) is 26.4 Å². The van der Waals surface area contributed by atoms with Gasteiger partial charge in [0.2, 0.25) is 0 Å². The van der Waals surface area contributed by atoms with Crippen LogP contribution in [0.3, 0.4) is 0 Å². The third-order valence-corrected chi connectivity index (χ3v) is 4.06. The average Bonchev–Trinajstić information content (AvgIpc) is 2.48. The predicted octanol–water partition coefficient (Wildman–Crippen LogP) is 5.29. The molecule has 2 aromatic rings. The molecule has 0 amide bonds. The van der Waals surface area contributed by atoms with E-state index in [0.717, 1.165) is 40.8 Å². The summed E-state index contributed by atoms with van der Waals surface area (Å²) in [7, 11) is 0. The maximum absolute atomic E-state index is 5.79. The van der Waals surface area contributed by atoms with Crippen molar-refractivity contribution in [3.63, 3.8) is 0 Å². The van der Waals surface area contributed by atoms with Crippen LogP contribution < -0.4 is 10.1 Å². The average molecular weight is 413 g/mol. The Bertz CT molecular complexity index is 570. The van der Waals surface area contributed by atoms with Gasteiger partial charge in [0, 0.05) is 27.6 Å². The molecule has 0 aliphatic heterocycles. The Labute approximate surface area is 143 Å². The molecule has 0 fully saturated rings. The molecule has 2 nitrogen and oxygen atoms in total. The maximum Gasteiger partial charge on any atom is 0.123 e. The van der Waals surface area contributed by atoms with Gasteiger partial charge in [-0.2, -0.15) is 0 Å². The van der Waals surface area contributed by atoms with Gasteiger partial charge in [-0.25, -0.2) is 0 Å². The van der Waals surface area contributed by atoms with Crippen LogP contribution in [0.25, 0.3) is 0 Å². The number of halogens is 2. The molecule has 2 rings (SSSR count). The molecular weight excluding hydrogens is 394 g/mol. The summed E-state index contributed by atoms with van der Waals surface area (Å²) < 4.78 is 7.97. The Morgan fingerprint density at radius 1 is 0.952 bits per heavy atom. The minimum Gasteiger partial charge on any atom is -0.493 e. The van der Waals surface area contributed by atoms with Crippen LogP contribution in [0.1, 0.15) is 24.5 Å². The van der Waals surface area contributed by atoms with Crippen molar-refractivity contribution in [1.29, 1.82) is 0 Å². The third-order valence-electron chi connectivity index (χ3n) is 3.04. The molecule has 0 saturated carbocycles. The highest BCUT2D eigenvalue weighted by Gasteiger charge is 2.04. The second-order valence-electron chi connectivity index (χ2n) is 4.83. The first-order chi connectivity index (χ1) is 10.2. The van der Waals surface area contributed by atoms with Crippen LogP contribution in [0.2, 0.25) is 0 Å². The molecule has 1 N–H and O–H groups in total. The Morgan fingerprint density at radius 2 is 1.67 bits per heavy atom. The fourth-order valence-electron chi connectivity index (χ4n) is 1.98. The van der Waals surface area contributed by atoms with Crippen LogP contribution in [0.5, 0.6) is 5.75 Å². The zero-order valence-corrected chi connectivity index (χ0v) is 15.2. The lowest BCUT2D eigenvalue weighted by Crippen LogP contribution is -2.13. The van der Waals surface area contributed by atoms with E-state index < -0.39 is 0 Å². The van der Waals surface area contributed by atoms with Crippen molar-refractivity contribution in [2.24, 2.45) is 0 Å². The van der Waals surface area contributed by atoms with Crippen LogP contribution in [0, 0.1) is 0 Å². The lowest BCUT2D eigenvalue weighted by Gasteiger charge is -2.12. The lowest BCUT2D eigenvalue weighted by atomic mass is 10.2. The van der Waals surface area contributed by atoms with Crippen molar-refractivity contribution in [3.8, 4) is 5.75 Å². The molecule has 0 saturated heterocycles. The van der Waals surface area contributed by atoms with Crippen LogP contribution in [-0.4, -0.2) is 6.61 Å². The zero-order chi connectivity index (χ0) is 15.1. The molecular formula is C17H19Br2NO. The monoisotopic (exact) mass is 411 g/mol. The van der Waals surface area contributed by atoms with E-state index in [4.69, 9.17) is 4.74 Å². The van der Waals surface area contributed by atoms with Crippen molar-refractivity contribution in [2.75, 3.05) is 6.61 Å². The van der Waals surface area contributed by atoms with E-state index in [1.165, 1.54) is 11.1 Å². The zero-order valence-electron chi connectivity index (χ0n) is 12.0. The normalized spacial score (nSPS) is 10.6. The van der Waals surface area contributed by atoms with Gasteiger partial charge < -0.3 is 10.1 Å². The topological polar surface area (TPSA) is 21.3 Å². The smallest absolute Gasteiger partial charge is 0.123 e. The highest BCUT2D eigenvalue weighted by atomic mass is 79.9. The Hall–Kier alpha value is -0.840. The molecule has 112 valence electrons. The first kappa shape index (κ1) is 16.5. The van der Waals surface area contributed by atoms with Gasteiger partial charge in [-0.3, -0.25) is 0 Å². The van der Waals surface area contributed by atoms with E-state index in [2.05, 4.69) is 74.4 Å². The van der Waals surface area contributed by atoms with Gasteiger partial charge in [-0.1, -0.05) is 50.9 Å². The number of rotatable bonds is 7. The molecule has 0 bridgehead atoms. The molecule has 0 unspecified atom stereocenters. The van der Waals surface area contributed by atoms with Gasteiger partial charge >= 0.3 is 0 Å². The minimum atomic E-state index is 0.751. The molecule has 2 aromatic carbocycles. The van der Waals surface area contributed by atoms with E-state index in [9.17, 15) is 0 Å². The van der Waals surface area contributed by atoms with Gasteiger partial charge in [0.05, 0.1) is 6.61 Å². The van der Waals surface area contributed by atoms with Crippen LogP contribution in [-0.2, 0) is 13.1 Å². The summed E-state index contributed by atoms with van der Waals surface area (Å²) in [4.78, 5) is 0. The number of ether oxygens (including phenoxy) is 1. The summed E-state index contributed by atoms with van der Waals surface area (Å²) in [6.07, 6.45) is 1.02. The first-order valence-electron chi connectivity index (χ1n) is 7.05. The van der Waals surface area contributed by atoms with E-state index in [1.807, 2.05) is 12.1 Å². The Kier molecular flexibility index (Phi) is 6.74. The largest absolute Gasteiger partial charge is 0.493 e. The van der Waals surface area contributed by atoms with Gasteiger partial charge in [-0.15, -0.1) is 0 Å². The fourth-order valence-corrected chi connectivity index (χ4v) is 2.66. The standard InChI is InChI=1S/C17H19Br2NO/c1-2-9-21-17-8-7-16(19)10-14(17)12-20-11-13-3-5-15(18)6-4-13/h3-8,10,20H,2,9,11-12H2,1H3. The van der Waals surface area contributed by atoms with Crippen LogP contribution in [0.4, 0.5) is 0 Å². The Balaban J connectivity index is 1.95. The minimum absolute atomic E-state index is 0.751. The Morgan fingerprint density at radius 3 is 2.38 bits per heavy atom. The van der Waals surface area contributed by atoms with Crippen LogP contribution >= 0.6 is 31.9 Å². The fraction of sp³-hybridized carbons (Fsp3) is 0.294. The molecule has 0 spiro atoms. The van der Waals surface area contributed by atoms with Gasteiger partial charge in [0.1, 0.15) is 5.75 Å². The second kappa shape index (κ2) is 8.57. The van der Waals surface area contributed by atoms with E-state index >= 15 is 0 Å². The number of benzene rings is 2. The highest BCUT2D eigenvalue weighted by molar-refractivity contribution is 9.10. The van der Waals surface area contributed by atoms with E-state index in [-0.39, 0.29) is 0 Å². The summed E-state index contributed by atoms with van der Waals surface area (Å²) in [5.41, 5.74) is 2.44. The molecule has 21 heavy (non-hydrogen) atoms. The third kappa shape index (κ3) is 5.46. The highest BCUT2D eigenvalue weighted by Crippen LogP contribution is 2.23. The summed E-state index contributed by atoms with van der Waals surface area (Å²) in [5.74, 6) is 0.961. The molecule has 0 aliphatic carbocycles. The summed E-state index contributed by atoms with van der Waals surface area (Å²) in [5, 5.41) is 3.47. The molecule has 0 aromatic heterocycles. The number of hydrogen-bond donors (Lipinski definition) is 1. The quantitative estimate of drug-likeness (QED) is 0.666. The van der Waals surface area contributed by atoms with Crippen molar-refractivity contribution >= 4 is 31.9 Å². The lowest BCUT2D eigenvalue weighted by molar-refractivity contribution is 0.313. The van der Waals surface area contributed by atoms with Gasteiger partial charge in [-0.05, 0) is 42.3 Å². The van der Waals surface area contributed by atoms with Crippen LogP contribution in [0.15, 0.2) is 51.4 Å². The van der Waals surface area contributed by atoms with Crippen molar-refractivity contribution in [3.05, 3.63) is 62.5 Å². The number of hydrogen-bond acceptors (Lipinski definition) is 2. The van der Waals surface area contributed by atoms with E-state index in [0.29, 0.717) is 0 Å². The number of nitrogens with one attached hydrogen (secondary N) is 1. The molecule has 0 heterocycles.